The highest BCUT2D eigenvalue weighted by Crippen LogP contribution is 2.42. The fourth-order valence-electron chi connectivity index (χ4n) is 2.64. The molecule has 3 rings (SSSR count). The molecule has 1 N–H and O–H groups in total. The second kappa shape index (κ2) is 7.00. The van der Waals surface area contributed by atoms with Gasteiger partial charge >= 0.3 is 0 Å². The van der Waals surface area contributed by atoms with Crippen LogP contribution in [0.5, 0.6) is 0 Å². The topological polar surface area (TPSA) is 59.1 Å². The van der Waals surface area contributed by atoms with Gasteiger partial charge in [-0.2, -0.15) is 0 Å². The first-order valence-corrected chi connectivity index (χ1v) is 10.2. The molecule has 1 aliphatic rings. The average molecular weight is 385 g/mol. The van der Waals surface area contributed by atoms with E-state index in [-0.39, 0.29) is 11.8 Å². The summed E-state index contributed by atoms with van der Waals surface area (Å²) >= 11 is 12.2. The van der Waals surface area contributed by atoms with Crippen molar-refractivity contribution in [1.29, 1.82) is 0 Å². The molecule has 1 saturated carbocycles. The van der Waals surface area contributed by atoms with Crippen molar-refractivity contribution in [2.45, 2.75) is 25.8 Å². The Labute approximate surface area is 152 Å². The van der Waals surface area contributed by atoms with Crippen molar-refractivity contribution in [2.75, 3.05) is 5.75 Å². The van der Waals surface area contributed by atoms with Crippen LogP contribution in [0.4, 0.5) is 0 Å². The van der Waals surface area contributed by atoms with Crippen molar-refractivity contribution in [2.24, 2.45) is 5.92 Å². The quantitative estimate of drug-likeness (QED) is 0.800. The molecule has 1 aromatic carbocycles. The van der Waals surface area contributed by atoms with Gasteiger partial charge in [-0.1, -0.05) is 29.3 Å². The summed E-state index contributed by atoms with van der Waals surface area (Å²) < 4.78 is 26.8. The van der Waals surface area contributed by atoms with E-state index in [1.54, 1.807) is 31.5 Å². The van der Waals surface area contributed by atoms with Crippen LogP contribution in [0.2, 0.25) is 10.0 Å². The third-order valence-electron chi connectivity index (χ3n) is 4.14. The second-order valence-corrected chi connectivity index (χ2v) is 8.85. The van der Waals surface area contributed by atoms with Gasteiger partial charge in [0.1, 0.15) is 0 Å². The first-order valence-electron chi connectivity index (χ1n) is 7.80. The maximum absolute atomic E-state index is 12.0. The molecule has 1 aliphatic carbocycles. The van der Waals surface area contributed by atoms with E-state index < -0.39 is 10.0 Å². The van der Waals surface area contributed by atoms with Crippen molar-refractivity contribution in [3.63, 3.8) is 0 Å². The van der Waals surface area contributed by atoms with Crippen molar-refractivity contribution in [3.05, 3.63) is 52.3 Å². The molecule has 24 heavy (non-hydrogen) atoms. The smallest absolute Gasteiger partial charge is 0.211 e. The molecule has 7 heteroatoms. The lowest BCUT2D eigenvalue weighted by atomic mass is 10.0. The number of nitrogens with one attached hydrogen (secondary N) is 1. The number of nitrogens with zero attached hydrogens (tertiary/aromatic N) is 1. The summed E-state index contributed by atoms with van der Waals surface area (Å²) in [4.78, 5) is 4.29. The van der Waals surface area contributed by atoms with Crippen molar-refractivity contribution >= 4 is 33.2 Å². The van der Waals surface area contributed by atoms with Crippen LogP contribution >= 0.6 is 23.2 Å². The van der Waals surface area contributed by atoms with Gasteiger partial charge in [0, 0.05) is 33.6 Å². The highest BCUT2D eigenvalue weighted by Gasteiger charge is 2.35. The lowest BCUT2D eigenvalue weighted by Crippen LogP contribution is -2.31. The predicted octanol–water partition coefficient (Wildman–Crippen LogP) is 4.45. The molecule has 2 aromatic rings. The van der Waals surface area contributed by atoms with Crippen LogP contribution in [0.15, 0.2) is 36.7 Å². The Morgan fingerprint density at radius 3 is 2.62 bits per heavy atom. The van der Waals surface area contributed by atoms with Gasteiger partial charge in [0.2, 0.25) is 10.0 Å². The highest BCUT2D eigenvalue weighted by atomic mass is 35.5. The van der Waals surface area contributed by atoms with Crippen LogP contribution in [0, 0.1) is 5.92 Å². The SMILES string of the molecule is CCS(=O)(=O)NC(c1cncc(-c2ccc(Cl)cc2Cl)c1)C1CC1. The Bertz CT molecular complexity index is 851. The van der Waals surface area contributed by atoms with E-state index in [2.05, 4.69) is 9.71 Å². The maximum Gasteiger partial charge on any atom is 0.211 e. The third-order valence-corrected chi connectivity index (χ3v) is 6.06. The molecule has 1 aromatic heterocycles. The molecule has 0 radical (unpaired) electrons. The van der Waals surface area contributed by atoms with Crippen LogP contribution in [0.3, 0.4) is 0 Å². The molecule has 0 spiro atoms. The molecule has 0 aliphatic heterocycles. The lowest BCUT2D eigenvalue weighted by Gasteiger charge is -2.19. The average Bonchev–Trinajstić information content (AvgIpc) is 3.38. The maximum atomic E-state index is 12.0. The summed E-state index contributed by atoms with van der Waals surface area (Å²) in [5.41, 5.74) is 2.52. The van der Waals surface area contributed by atoms with Gasteiger partial charge < -0.3 is 0 Å². The normalized spacial score (nSPS) is 16.1. The molecule has 1 atom stereocenters. The van der Waals surface area contributed by atoms with E-state index in [9.17, 15) is 8.42 Å². The number of hydrogen-bond acceptors (Lipinski definition) is 3. The van der Waals surface area contributed by atoms with Gasteiger partial charge in [0.05, 0.1) is 11.8 Å². The van der Waals surface area contributed by atoms with Gasteiger partial charge in [0.25, 0.3) is 0 Å². The molecule has 128 valence electrons. The standard InChI is InChI=1S/C17H18Cl2N2O2S/c1-2-24(22,23)21-17(11-3-4-11)13-7-12(9-20-10-13)15-6-5-14(18)8-16(15)19/h5-11,17,21H,2-4H2,1H3. The van der Waals surface area contributed by atoms with Crippen molar-refractivity contribution in [3.8, 4) is 11.1 Å². The second-order valence-electron chi connectivity index (χ2n) is 5.97. The van der Waals surface area contributed by atoms with Crippen LogP contribution in [-0.4, -0.2) is 19.2 Å². The largest absolute Gasteiger partial charge is 0.264 e. The Hall–Kier alpha value is -1.14. The van der Waals surface area contributed by atoms with E-state index in [1.807, 2.05) is 12.1 Å². The zero-order valence-corrected chi connectivity index (χ0v) is 15.5. The van der Waals surface area contributed by atoms with E-state index in [4.69, 9.17) is 23.2 Å². The Morgan fingerprint density at radius 1 is 1.25 bits per heavy atom. The molecule has 0 amide bonds. The molecular formula is C17H18Cl2N2O2S. The monoisotopic (exact) mass is 384 g/mol. The number of aromatic nitrogens is 1. The number of halogens is 2. The summed E-state index contributed by atoms with van der Waals surface area (Å²) in [6.07, 6.45) is 5.47. The van der Waals surface area contributed by atoms with Gasteiger partial charge in [-0.3, -0.25) is 4.98 Å². The molecule has 0 bridgehead atoms. The first-order chi connectivity index (χ1) is 11.4. The van der Waals surface area contributed by atoms with Crippen LogP contribution in [0.1, 0.15) is 31.4 Å². The minimum absolute atomic E-state index is 0.0619. The number of hydrogen-bond donors (Lipinski definition) is 1. The van der Waals surface area contributed by atoms with Gasteiger partial charge in [-0.25, -0.2) is 13.1 Å². The Balaban J connectivity index is 1.96. The summed E-state index contributed by atoms with van der Waals surface area (Å²) in [7, 11) is -3.28. The van der Waals surface area contributed by atoms with Crippen LogP contribution in [0.25, 0.3) is 11.1 Å². The summed E-state index contributed by atoms with van der Waals surface area (Å²) in [5, 5.41) is 1.11. The van der Waals surface area contributed by atoms with E-state index >= 15 is 0 Å². The number of sulfonamides is 1. The van der Waals surface area contributed by atoms with E-state index in [0.29, 0.717) is 16.0 Å². The summed E-state index contributed by atoms with van der Waals surface area (Å²) in [6, 6.07) is 7.00. The summed E-state index contributed by atoms with van der Waals surface area (Å²) in [6.45, 7) is 1.63. The van der Waals surface area contributed by atoms with Gasteiger partial charge in [-0.15, -0.1) is 0 Å². The minimum atomic E-state index is -3.28. The molecule has 0 saturated heterocycles. The number of benzene rings is 1. The van der Waals surface area contributed by atoms with Gasteiger partial charge in [0.15, 0.2) is 0 Å². The van der Waals surface area contributed by atoms with Crippen LogP contribution < -0.4 is 4.72 Å². The third kappa shape index (κ3) is 4.09. The van der Waals surface area contributed by atoms with E-state index in [1.165, 1.54) is 0 Å². The summed E-state index contributed by atoms with van der Waals surface area (Å²) in [5.74, 6) is 0.385. The lowest BCUT2D eigenvalue weighted by molar-refractivity contribution is 0.529. The number of pyridine rings is 1. The van der Waals surface area contributed by atoms with Crippen molar-refractivity contribution in [1.82, 2.24) is 9.71 Å². The Morgan fingerprint density at radius 2 is 2.00 bits per heavy atom. The first kappa shape index (κ1) is 17.7. The fraction of sp³-hybridized carbons (Fsp3) is 0.353. The van der Waals surface area contributed by atoms with Crippen molar-refractivity contribution < 1.29 is 8.42 Å². The predicted molar refractivity (Wildman–Crippen MR) is 97.8 cm³/mol. The molecular weight excluding hydrogens is 367 g/mol. The molecule has 1 unspecified atom stereocenters. The fourth-order valence-corrected chi connectivity index (χ4v) is 4.04. The number of rotatable bonds is 6. The van der Waals surface area contributed by atoms with Crippen LogP contribution in [-0.2, 0) is 10.0 Å². The Kier molecular flexibility index (Phi) is 5.16. The zero-order chi connectivity index (χ0) is 17.3. The van der Waals surface area contributed by atoms with E-state index in [0.717, 1.165) is 29.5 Å². The highest BCUT2D eigenvalue weighted by molar-refractivity contribution is 7.89. The molecule has 4 nitrogen and oxygen atoms in total. The minimum Gasteiger partial charge on any atom is -0.264 e. The zero-order valence-electron chi connectivity index (χ0n) is 13.2. The molecule has 1 heterocycles. The van der Waals surface area contributed by atoms with Gasteiger partial charge in [-0.05, 0) is 49.4 Å². The molecule has 1 fully saturated rings.